The summed E-state index contributed by atoms with van der Waals surface area (Å²) < 4.78 is 10.1. The second-order valence-corrected chi connectivity index (χ2v) is 3.28. The first-order valence-corrected chi connectivity index (χ1v) is 4.52. The van der Waals surface area contributed by atoms with Gasteiger partial charge in [0.15, 0.2) is 0 Å². The molecule has 0 aliphatic heterocycles. The van der Waals surface area contributed by atoms with Gasteiger partial charge in [-0.15, -0.1) is 0 Å². The molecule has 0 aliphatic carbocycles. The molecule has 0 amide bonds. The summed E-state index contributed by atoms with van der Waals surface area (Å²) in [7, 11) is 3.26. The Morgan fingerprint density at radius 1 is 1.08 bits per heavy atom. The van der Waals surface area contributed by atoms with Gasteiger partial charge in [0.1, 0.15) is 0 Å². The van der Waals surface area contributed by atoms with Crippen molar-refractivity contribution in [2.24, 2.45) is 0 Å². The number of thioether (sulfide) groups is 1. The lowest BCUT2D eigenvalue weighted by atomic mass is 10.4. The van der Waals surface area contributed by atoms with E-state index in [9.17, 15) is 0 Å². The Bertz CT molecular complexity index is 209. The molecule has 0 atom stereocenters. The number of hydrogen-bond acceptors (Lipinski definition) is 3. The Morgan fingerprint density at radius 3 is 2.17 bits per heavy atom. The Morgan fingerprint density at radius 2 is 1.67 bits per heavy atom. The van der Waals surface area contributed by atoms with Crippen LogP contribution in [0.25, 0.3) is 0 Å². The van der Waals surface area contributed by atoms with Crippen LogP contribution in [0, 0.1) is 0 Å². The molecule has 1 rings (SSSR count). The Hall–Kier alpha value is -0.510. The largest absolute Gasteiger partial charge is 0.347 e. The fourth-order valence-electron chi connectivity index (χ4n) is 0.803. The molecular weight excluding hydrogens is 172 g/mol. The van der Waals surface area contributed by atoms with Gasteiger partial charge in [0.05, 0.1) is 0 Å². The molecule has 3 heteroatoms. The van der Waals surface area contributed by atoms with E-state index in [4.69, 9.17) is 9.47 Å². The molecule has 66 valence electrons. The van der Waals surface area contributed by atoms with Crippen LogP contribution in [0.4, 0.5) is 0 Å². The van der Waals surface area contributed by atoms with E-state index >= 15 is 0 Å². The molecule has 0 N–H and O–H groups in total. The van der Waals surface area contributed by atoms with Crippen LogP contribution >= 0.6 is 11.8 Å². The Kier molecular flexibility index (Phi) is 4.14. The molecule has 0 radical (unpaired) electrons. The van der Waals surface area contributed by atoms with Crippen molar-refractivity contribution in [1.29, 1.82) is 0 Å². The molecule has 0 aliphatic rings. The molecule has 0 aromatic heterocycles. The summed E-state index contributed by atoms with van der Waals surface area (Å²) in [6, 6.07) is 10.0. The molecule has 12 heavy (non-hydrogen) atoms. The lowest BCUT2D eigenvalue weighted by Crippen LogP contribution is -2.06. The van der Waals surface area contributed by atoms with Crippen LogP contribution in [0.1, 0.15) is 0 Å². The fourth-order valence-corrected chi connectivity index (χ4v) is 1.53. The van der Waals surface area contributed by atoms with Crippen molar-refractivity contribution in [3.8, 4) is 0 Å². The first-order chi connectivity index (χ1) is 5.86. The standard InChI is InChI=1S/C9H12O2S/c1-10-9(11-2)12-8-6-4-3-5-7-8/h3-7,9H,1-2H3. The lowest BCUT2D eigenvalue weighted by molar-refractivity contribution is -0.0343. The summed E-state index contributed by atoms with van der Waals surface area (Å²) in [6.45, 7) is 0. The smallest absolute Gasteiger partial charge is 0.210 e. The molecule has 1 aromatic carbocycles. The molecule has 2 nitrogen and oxygen atoms in total. The van der Waals surface area contributed by atoms with E-state index in [-0.39, 0.29) is 5.62 Å². The Labute approximate surface area is 76.9 Å². The minimum atomic E-state index is -0.215. The number of hydrogen-bond donors (Lipinski definition) is 0. The quantitative estimate of drug-likeness (QED) is 0.528. The van der Waals surface area contributed by atoms with Crippen molar-refractivity contribution in [3.63, 3.8) is 0 Å². The third-order valence-corrected chi connectivity index (χ3v) is 2.48. The summed E-state index contributed by atoms with van der Waals surface area (Å²) in [5.74, 6) is 0. The van der Waals surface area contributed by atoms with Gasteiger partial charge in [-0.2, -0.15) is 0 Å². The summed E-state index contributed by atoms with van der Waals surface area (Å²) in [5.41, 5.74) is -0.215. The van der Waals surface area contributed by atoms with Crippen LogP contribution in [-0.4, -0.2) is 19.8 Å². The monoisotopic (exact) mass is 184 g/mol. The van der Waals surface area contributed by atoms with Crippen LogP contribution in [0.5, 0.6) is 0 Å². The van der Waals surface area contributed by atoms with E-state index in [0.717, 1.165) is 4.90 Å². The van der Waals surface area contributed by atoms with Gasteiger partial charge in [-0.25, -0.2) is 0 Å². The molecule has 0 saturated heterocycles. The SMILES string of the molecule is COC(OC)Sc1ccccc1. The zero-order valence-electron chi connectivity index (χ0n) is 7.19. The second-order valence-electron chi connectivity index (χ2n) is 2.19. The van der Waals surface area contributed by atoms with Gasteiger partial charge in [-0.1, -0.05) is 30.0 Å². The molecule has 1 aromatic rings. The third kappa shape index (κ3) is 2.85. The van der Waals surface area contributed by atoms with E-state index in [2.05, 4.69) is 0 Å². The van der Waals surface area contributed by atoms with Crippen molar-refractivity contribution in [1.82, 2.24) is 0 Å². The topological polar surface area (TPSA) is 18.5 Å². The van der Waals surface area contributed by atoms with E-state index < -0.39 is 0 Å². The van der Waals surface area contributed by atoms with E-state index in [1.165, 1.54) is 0 Å². The average Bonchev–Trinajstić information content (AvgIpc) is 2.16. The van der Waals surface area contributed by atoms with Gasteiger partial charge in [0.25, 0.3) is 0 Å². The van der Waals surface area contributed by atoms with Crippen LogP contribution in [0.3, 0.4) is 0 Å². The first-order valence-electron chi connectivity index (χ1n) is 3.64. The van der Waals surface area contributed by atoms with Gasteiger partial charge >= 0.3 is 0 Å². The molecule has 0 saturated carbocycles. The molecule has 0 unspecified atom stereocenters. The third-order valence-electron chi connectivity index (χ3n) is 1.36. The van der Waals surface area contributed by atoms with Crippen molar-refractivity contribution in [2.45, 2.75) is 10.5 Å². The highest BCUT2D eigenvalue weighted by Crippen LogP contribution is 2.23. The maximum Gasteiger partial charge on any atom is 0.210 e. The highest BCUT2D eigenvalue weighted by atomic mass is 32.2. The van der Waals surface area contributed by atoms with E-state index in [1.54, 1.807) is 26.0 Å². The van der Waals surface area contributed by atoms with E-state index in [1.807, 2.05) is 30.3 Å². The number of methoxy groups -OCH3 is 2. The fraction of sp³-hybridized carbons (Fsp3) is 0.333. The number of rotatable bonds is 4. The predicted octanol–water partition coefficient (Wildman–Crippen LogP) is 2.36. The van der Waals surface area contributed by atoms with Gasteiger partial charge in [0.2, 0.25) is 5.62 Å². The number of ether oxygens (including phenoxy) is 2. The van der Waals surface area contributed by atoms with E-state index in [0.29, 0.717) is 0 Å². The highest BCUT2D eigenvalue weighted by molar-refractivity contribution is 7.99. The predicted molar refractivity (Wildman–Crippen MR) is 50.1 cm³/mol. The molecular formula is C9H12O2S. The van der Waals surface area contributed by atoms with Crippen molar-refractivity contribution >= 4 is 11.8 Å². The molecule has 0 spiro atoms. The second kappa shape index (κ2) is 5.19. The van der Waals surface area contributed by atoms with Crippen LogP contribution < -0.4 is 0 Å². The summed E-state index contributed by atoms with van der Waals surface area (Å²) in [6.07, 6.45) is 0. The Balaban J connectivity index is 2.51. The molecule has 0 bridgehead atoms. The zero-order valence-corrected chi connectivity index (χ0v) is 8.01. The zero-order chi connectivity index (χ0) is 8.81. The average molecular weight is 184 g/mol. The van der Waals surface area contributed by atoms with Crippen LogP contribution in [0.2, 0.25) is 0 Å². The lowest BCUT2D eigenvalue weighted by Gasteiger charge is -2.11. The maximum atomic E-state index is 5.04. The van der Waals surface area contributed by atoms with Crippen molar-refractivity contribution in [2.75, 3.05) is 14.2 Å². The first kappa shape index (κ1) is 9.58. The minimum Gasteiger partial charge on any atom is -0.347 e. The van der Waals surface area contributed by atoms with Crippen LogP contribution in [0.15, 0.2) is 35.2 Å². The minimum absolute atomic E-state index is 0.215. The van der Waals surface area contributed by atoms with Gasteiger partial charge in [-0.3, -0.25) is 0 Å². The molecule has 0 heterocycles. The number of benzene rings is 1. The van der Waals surface area contributed by atoms with Crippen molar-refractivity contribution in [3.05, 3.63) is 30.3 Å². The van der Waals surface area contributed by atoms with Gasteiger partial charge < -0.3 is 9.47 Å². The summed E-state index contributed by atoms with van der Waals surface area (Å²) >= 11 is 1.54. The van der Waals surface area contributed by atoms with Crippen molar-refractivity contribution < 1.29 is 9.47 Å². The maximum absolute atomic E-state index is 5.04. The normalized spacial score (nSPS) is 10.6. The van der Waals surface area contributed by atoms with Crippen LogP contribution in [-0.2, 0) is 9.47 Å². The summed E-state index contributed by atoms with van der Waals surface area (Å²) in [4.78, 5) is 1.14. The van der Waals surface area contributed by atoms with Gasteiger partial charge in [-0.05, 0) is 12.1 Å². The summed E-state index contributed by atoms with van der Waals surface area (Å²) in [5, 5.41) is 0. The molecule has 0 fully saturated rings. The van der Waals surface area contributed by atoms with Gasteiger partial charge in [0, 0.05) is 19.1 Å². The highest BCUT2D eigenvalue weighted by Gasteiger charge is 2.05.